The first kappa shape index (κ1) is 24.0. The van der Waals surface area contributed by atoms with Crippen molar-refractivity contribution in [2.24, 2.45) is 0 Å². The summed E-state index contributed by atoms with van der Waals surface area (Å²) in [5.74, 6) is -1.43. The van der Waals surface area contributed by atoms with Crippen molar-refractivity contribution in [3.05, 3.63) is 88.3 Å². The van der Waals surface area contributed by atoms with Gasteiger partial charge in [-0.05, 0) is 48.9 Å². The van der Waals surface area contributed by atoms with Gasteiger partial charge in [0.05, 0.1) is 19.1 Å². The van der Waals surface area contributed by atoms with Crippen LogP contribution in [0, 0.1) is 0 Å². The van der Waals surface area contributed by atoms with Crippen LogP contribution in [0.15, 0.2) is 75.9 Å². The first-order valence-electron chi connectivity index (χ1n) is 10.6. The topological polar surface area (TPSA) is 67.1 Å². The zero-order valence-corrected chi connectivity index (χ0v) is 18.8. The fourth-order valence-electron chi connectivity index (χ4n) is 3.33. The molecule has 0 aliphatic rings. The molecule has 0 aliphatic carbocycles. The molecule has 9 heteroatoms. The maximum absolute atomic E-state index is 13.9. The van der Waals surface area contributed by atoms with Gasteiger partial charge >= 0.3 is 6.18 Å². The number of hydrogen-bond donors (Lipinski definition) is 0. The number of para-hydroxylation sites is 2. The molecule has 6 nitrogen and oxygen atoms in total. The molecule has 0 unspecified atom stereocenters. The smallest absolute Gasteiger partial charge is 0.453 e. The number of hydrogen-bond acceptors (Lipinski definition) is 6. The molecule has 0 saturated heterocycles. The molecular formula is C26H21F3O6. The van der Waals surface area contributed by atoms with E-state index in [2.05, 4.69) is 0 Å². The van der Waals surface area contributed by atoms with Crippen molar-refractivity contribution in [2.45, 2.75) is 19.7 Å². The average Bonchev–Trinajstić information content (AvgIpc) is 2.85. The van der Waals surface area contributed by atoms with Gasteiger partial charge in [0.2, 0.25) is 11.2 Å². The van der Waals surface area contributed by atoms with Crippen LogP contribution in [0.5, 0.6) is 28.7 Å². The van der Waals surface area contributed by atoms with Crippen LogP contribution < -0.4 is 24.4 Å². The molecule has 0 spiro atoms. The van der Waals surface area contributed by atoms with Crippen LogP contribution in [-0.2, 0) is 12.8 Å². The number of benzene rings is 3. The zero-order chi connectivity index (χ0) is 25.0. The van der Waals surface area contributed by atoms with Gasteiger partial charge in [0.15, 0.2) is 11.5 Å². The minimum Gasteiger partial charge on any atom is -0.497 e. The SMILES string of the molecule is CCOc1ccccc1Oc1c(C(F)(F)F)oc2cc(OCc3ccc(OC)cc3)ccc2c1=O. The van der Waals surface area contributed by atoms with Gasteiger partial charge in [0.25, 0.3) is 5.76 Å². The van der Waals surface area contributed by atoms with E-state index in [1.807, 2.05) is 0 Å². The Morgan fingerprint density at radius 3 is 2.23 bits per heavy atom. The lowest BCUT2D eigenvalue weighted by atomic mass is 10.2. The number of alkyl halides is 3. The van der Waals surface area contributed by atoms with Crippen molar-refractivity contribution in [1.29, 1.82) is 0 Å². The molecule has 0 atom stereocenters. The molecule has 182 valence electrons. The standard InChI is InChI=1S/C26H21F3O6/c1-3-32-20-6-4-5-7-21(20)34-24-23(30)19-13-12-18(14-22(19)35-25(24)26(27,28)29)33-15-16-8-10-17(31-2)11-9-16/h4-14H,3,15H2,1-2H3. The van der Waals surface area contributed by atoms with Gasteiger partial charge in [-0.25, -0.2) is 0 Å². The van der Waals surface area contributed by atoms with Gasteiger partial charge in [0, 0.05) is 6.07 Å². The second-order valence-electron chi connectivity index (χ2n) is 7.36. The third-order valence-corrected chi connectivity index (χ3v) is 5.01. The molecule has 4 rings (SSSR count). The van der Waals surface area contributed by atoms with Crippen molar-refractivity contribution in [2.75, 3.05) is 13.7 Å². The summed E-state index contributed by atoms with van der Waals surface area (Å²) >= 11 is 0. The predicted octanol–water partition coefficient (Wildman–Crippen LogP) is 6.59. The molecule has 0 aliphatic heterocycles. The molecule has 0 amide bonds. The highest BCUT2D eigenvalue weighted by Gasteiger charge is 2.40. The lowest BCUT2D eigenvalue weighted by molar-refractivity contribution is -0.154. The molecule has 1 heterocycles. The van der Waals surface area contributed by atoms with E-state index in [0.717, 1.165) is 5.56 Å². The van der Waals surface area contributed by atoms with Gasteiger partial charge in [0.1, 0.15) is 23.7 Å². The van der Waals surface area contributed by atoms with E-state index in [9.17, 15) is 18.0 Å². The maximum Gasteiger partial charge on any atom is 0.453 e. The first-order valence-corrected chi connectivity index (χ1v) is 10.6. The maximum atomic E-state index is 13.9. The van der Waals surface area contributed by atoms with Crippen molar-refractivity contribution < 1.29 is 36.5 Å². The molecule has 0 bridgehead atoms. The lowest BCUT2D eigenvalue weighted by Crippen LogP contribution is -2.15. The molecule has 0 radical (unpaired) electrons. The van der Waals surface area contributed by atoms with Crippen molar-refractivity contribution >= 4 is 11.0 Å². The Bertz CT molecular complexity index is 1380. The van der Waals surface area contributed by atoms with Gasteiger partial charge < -0.3 is 23.4 Å². The lowest BCUT2D eigenvalue weighted by Gasteiger charge is -2.15. The number of methoxy groups -OCH3 is 1. The second-order valence-corrected chi connectivity index (χ2v) is 7.36. The quantitative estimate of drug-likeness (QED) is 0.280. The summed E-state index contributed by atoms with van der Waals surface area (Å²) in [4.78, 5) is 13.0. The summed E-state index contributed by atoms with van der Waals surface area (Å²) in [6.45, 7) is 2.13. The Morgan fingerprint density at radius 1 is 0.886 bits per heavy atom. The molecule has 4 aromatic rings. The molecule has 0 saturated carbocycles. The molecule has 1 aromatic heterocycles. The van der Waals surface area contributed by atoms with Gasteiger partial charge in [-0.15, -0.1) is 0 Å². The van der Waals surface area contributed by atoms with Crippen molar-refractivity contribution in [1.82, 2.24) is 0 Å². The van der Waals surface area contributed by atoms with E-state index in [1.165, 1.54) is 30.3 Å². The van der Waals surface area contributed by atoms with Crippen LogP contribution in [0.2, 0.25) is 0 Å². The summed E-state index contributed by atoms with van der Waals surface area (Å²) in [6, 6.07) is 17.3. The highest BCUT2D eigenvalue weighted by atomic mass is 19.4. The van der Waals surface area contributed by atoms with Gasteiger partial charge in [-0.2, -0.15) is 13.2 Å². The number of ether oxygens (including phenoxy) is 4. The third-order valence-electron chi connectivity index (χ3n) is 5.01. The van der Waals surface area contributed by atoms with Crippen molar-refractivity contribution in [3.8, 4) is 28.7 Å². The monoisotopic (exact) mass is 486 g/mol. The Kier molecular flexibility index (Phi) is 6.86. The van der Waals surface area contributed by atoms with E-state index in [4.69, 9.17) is 23.4 Å². The molecule has 0 N–H and O–H groups in total. The summed E-state index contributed by atoms with van der Waals surface area (Å²) in [5.41, 5.74) is -0.424. The highest BCUT2D eigenvalue weighted by Crippen LogP contribution is 2.40. The molecule has 35 heavy (non-hydrogen) atoms. The highest BCUT2D eigenvalue weighted by molar-refractivity contribution is 5.80. The molecule has 3 aromatic carbocycles. The number of halogens is 3. The van der Waals surface area contributed by atoms with E-state index >= 15 is 0 Å². The van der Waals surface area contributed by atoms with Crippen LogP contribution >= 0.6 is 0 Å². The average molecular weight is 486 g/mol. The van der Waals surface area contributed by atoms with E-state index in [-0.39, 0.29) is 41.4 Å². The molecule has 0 fully saturated rings. The largest absolute Gasteiger partial charge is 0.497 e. The summed E-state index contributed by atoms with van der Waals surface area (Å²) < 4.78 is 68.3. The Labute approximate surface area is 198 Å². The fourth-order valence-corrected chi connectivity index (χ4v) is 3.33. The third kappa shape index (κ3) is 5.34. The minimum atomic E-state index is -4.98. The van der Waals surface area contributed by atoms with Gasteiger partial charge in [-0.1, -0.05) is 24.3 Å². The predicted molar refractivity (Wildman–Crippen MR) is 122 cm³/mol. The van der Waals surface area contributed by atoms with Crippen molar-refractivity contribution in [3.63, 3.8) is 0 Å². The molecular weight excluding hydrogens is 465 g/mol. The fraction of sp³-hybridized carbons (Fsp3) is 0.192. The van der Waals surface area contributed by atoms with E-state index in [0.29, 0.717) is 5.75 Å². The van der Waals surface area contributed by atoms with E-state index in [1.54, 1.807) is 50.4 Å². The summed E-state index contributed by atoms with van der Waals surface area (Å²) in [7, 11) is 1.55. The summed E-state index contributed by atoms with van der Waals surface area (Å²) in [6.07, 6.45) is -4.98. The van der Waals surface area contributed by atoms with Crippen LogP contribution in [0.1, 0.15) is 18.2 Å². The van der Waals surface area contributed by atoms with Gasteiger partial charge in [-0.3, -0.25) is 4.79 Å². The second kappa shape index (κ2) is 10.0. The van der Waals surface area contributed by atoms with Crippen LogP contribution in [-0.4, -0.2) is 13.7 Å². The summed E-state index contributed by atoms with van der Waals surface area (Å²) in [5, 5.41) is -0.0845. The Morgan fingerprint density at radius 2 is 1.57 bits per heavy atom. The minimum absolute atomic E-state index is 0.0362. The first-order chi connectivity index (χ1) is 16.8. The number of rotatable bonds is 8. The normalized spacial score (nSPS) is 11.3. The van der Waals surface area contributed by atoms with Crippen LogP contribution in [0.3, 0.4) is 0 Å². The number of fused-ring (bicyclic) bond motifs is 1. The Hall–Kier alpha value is -4.14. The van der Waals surface area contributed by atoms with Crippen LogP contribution in [0.25, 0.3) is 11.0 Å². The van der Waals surface area contributed by atoms with E-state index < -0.39 is 23.1 Å². The Balaban J connectivity index is 1.70. The van der Waals surface area contributed by atoms with Crippen LogP contribution in [0.4, 0.5) is 13.2 Å². The zero-order valence-electron chi connectivity index (χ0n) is 18.8.